The molecule has 0 aliphatic carbocycles. The molecule has 0 bridgehead atoms. The number of piperidine rings is 1. The number of anilines is 1. The predicted octanol–water partition coefficient (Wildman–Crippen LogP) is 3.42. The minimum atomic E-state index is -1.46. The Balaban J connectivity index is 1.92. The number of nitrogens with zero attached hydrogens (tertiary/aromatic N) is 2. The van der Waals surface area contributed by atoms with Crippen molar-refractivity contribution in [1.29, 1.82) is 0 Å². The summed E-state index contributed by atoms with van der Waals surface area (Å²) in [7, 11) is -1.46. The Morgan fingerprint density at radius 3 is 2.20 bits per heavy atom. The van der Waals surface area contributed by atoms with Crippen LogP contribution in [-0.2, 0) is 4.43 Å². The molecule has 0 unspecified atom stereocenters. The summed E-state index contributed by atoms with van der Waals surface area (Å²) in [6.45, 7) is 8.56. The van der Waals surface area contributed by atoms with Crippen LogP contribution < -0.4 is 4.90 Å². The first-order chi connectivity index (χ1) is 9.35. The Labute approximate surface area is 120 Å². The van der Waals surface area contributed by atoms with Gasteiger partial charge in [-0.2, -0.15) is 0 Å². The van der Waals surface area contributed by atoms with Gasteiger partial charge in [-0.05, 0) is 44.6 Å². The minimum absolute atomic E-state index is 0.144. The highest BCUT2D eigenvalue weighted by molar-refractivity contribution is 6.69. The van der Waals surface area contributed by atoms with Crippen LogP contribution in [-0.4, -0.2) is 32.4 Å². The molecule has 2 rings (SSSR count). The van der Waals surface area contributed by atoms with E-state index in [0.29, 0.717) is 6.10 Å². The van der Waals surface area contributed by atoms with Crippen LogP contribution in [0.25, 0.3) is 0 Å². The van der Waals surface area contributed by atoms with Gasteiger partial charge in [0.05, 0.1) is 4.92 Å². The normalized spacial score (nSPS) is 17.2. The van der Waals surface area contributed by atoms with Crippen molar-refractivity contribution in [2.75, 3.05) is 18.0 Å². The summed E-state index contributed by atoms with van der Waals surface area (Å²) in [5.74, 6) is 0. The van der Waals surface area contributed by atoms with Gasteiger partial charge in [0.25, 0.3) is 5.69 Å². The highest BCUT2D eigenvalue weighted by Crippen LogP contribution is 2.25. The number of nitro benzene ring substituents is 1. The maximum Gasteiger partial charge on any atom is 0.269 e. The molecule has 110 valence electrons. The summed E-state index contributed by atoms with van der Waals surface area (Å²) < 4.78 is 6.14. The van der Waals surface area contributed by atoms with Gasteiger partial charge in [0, 0.05) is 37.0 Å². The monoisotopic (exact) mass is 294 g/mol. The van der Waals surface area contributed by atoms with Gasteiger partial charge in [-0.15, -0.1) is 0 Å². The molecule has 1 heterocycles. The van der Waals surface area contributed by atoms with E-state index < -0.39 is 8.32 Å². The van der Waals surface area contributed by atoms with Crippen LogP contribution in [0.5, 0.6) is 0 Å². The Bertz CT molecular complexity index is 462. The smallest absolute Gasteiger partial charge is 0.269 e. The van der Waals surface area contributed by atoms with Gasteiger partial charge >= 0.3 is 0 Å². The van der Waals surface area contributed by atoms with E-state index in [1.165, 1.54) is 0 Å². The molecule has 0 radical (unpaired) electrons. The molecular formula is C14H22N2O3Si. The molecule has 0 N–H and O–H groups in total. The molecule has 1 aromatic carbocycles. The van der Waals surface area contributed by atoms with Crippen molar-refractivity contribution in [3.05, 3.63) is 34.4 Å². The summed E-state index contributed by atoms with van der Waals surface area (Å²) in [5.41, 5.74) is 1.20. The van der Waals surface area contributed by atoms with E-state index in [1.54, 1.807) is 12.1 Å². The van der Waals surface area contributed by atoms with Crippen molar-refractivity contribution < 1.29 is 9.35 Å². The molecule has 1 aromatic rings. The second-order valence-electron chi connectivity index (χ2n) is 6.19. The second kappa shape index (κ2) is 5.93. The second-order valence-corrected chi connectivity index (χ2v) is 10.7. The average molecular weight is 294 g/mol. The largest absolute Gasteiger partial charge is 0.415 e. The molecule has 6 heteroatoms. The van der Waals surface area contributed by atoms with Crippen LogP contribution in [0.1, 0.15) is 12.8 Å². The first-order valence-electron chi connectivity index (χ1n) is 7.02. The molecule has 1 aliphatic heterocycles. The Kier molecular flexibility index (Phi) is 4.44. The molecule has 5 nitrogen and oxygen atoms in total. The van der Waals surface area contributed by atoms with Gasteiger partial charge in [0.2, 0.25) is 0 Å². The Morgan fingerprint density at radius 2 is 1.75 bits per heavy atom. The standard InChI is InChI=1S/C14H22N2O3Si/c1-20(2,3)19-14-8-10-15(11-9-14)12-4-6-13(7-5-12)16(17)18/h4-7,14H,8-11H2,1-3H3. The molecule has 0 saturated carbocycles. The lowest BCUT2D eigenvalue weighted by molar-refractivity contribution is -0.384. The van der Waals surface area contributed by atoms with E-state index in [0.717, 1.165) is 31.6 Å². The molecule has 1 fully saturated rings. The molecule has 20 heavy (non-hydrogen) atoms. The lowest BCUT2D eigenvalue weighted by Crippen LogP contribution is -2.41. The van der Waals surface area contributed by atoms with Crippen LogP contribution in [0.15, 0.2) is 24.3 Å². The van der Waals surface area contributed by atoms with Gasteiger partial charge in [0.1, 0.15) is 0 Å². The first-order valence-corrected chi connectivity index (χ1v) is 10.4. The van der Waals surface area contributed by atoms with Crippen LogP contribution in [0.3, 0.4) is 0 Å². The Hall–Kier alpha value is -1.40. The van der Waals surface area contributed by atoms with Crippen molar-refractivity contribution >= 4 is 19.7 Å². The summed E-state index contributed by atoms with van der Waals surface area (Å²) in [5, 5.41) is 10.6. The Morgan fingerprint density at radius 1 is 1.20 bits per heavy atom. The van der Waals surface area contributed by atoms with Gasteiger partial charge in [-0.25, -0.2) is 0 Å². The zero-order valence-corrected chi connectivity index (χ0v) is 13.3. The molecule has 0 spiro atoms. The van der Waals surface area contributed by atoms with Gasteiger partial charge in [0.15, 0.2) is 8.32 Å². The quantitative estimate of drug-likeness (QED) is 0.485. The van der Waals surface area contributed by atoms with E-state index in [4.69, 9.17) is 4.43 Å². The van der Waals surface area contributed by atoms with Crippen molar-refractivity contribution in [3.63, 3.8) is 0 Å². The molecule has 0 amide bonds. The number of rotatable bonds is 4. The van der Waals surface area contributed by atoms with Crippen molar-refractivity contribution in [1.82, 2.24) is 0 Å². The van der Waals surface area contributed by atoms with Gasteiger partial charge in [-0.1, -0.05) is 0 Å². The topological polar surface area (TPSA) is 55.6 Å². The highest BCUT2D eigenvalue weighted by Gasteiger charge is 2.25. The lowest BCUT2D eigenvalue weighted by Gasteiger charge is -2.36. The van der Waals surface area contributed by atoms with E-state index in [2.05, 4.69) is 24.5 Å². The SMILES string of the molecule is C[Si](C)(C)OC1CCN(c2ccc([N+](=O)[O-])cc2)CC1. The van der Waals surface area contributed by atoms with Gasteiger partial charge < -0.3 is 9.33 Å². The number of benzene rings is 1. The average Bonchev–Trinajstić information content (AvgIpc) is 2.38. The lowest BCUT2D eigenvalue weighted by atomic mass is 10.1. The maximum atomic E-state index is 10.6. The van der Waals surface area contributed by atoms with Crippen LogP contribution in [0.4, 0.5) is 11.4 Å². The van der Waals surface area contributed by atoms with E-state index in [9.17, 15) is 10.1 Å². The first kappa shape index (κ1) is 15.0. The summed E-state index contributed by atoms with van der Waals surface area (Å²) in [6, 6.07) is 6.80. The minimum Gasteiger partial charge on any atom is -0.415 e. The van der Waals surface area contributed by atoms with E-state index >= 15 is 0 Å². The number of nitro groups is 1. The van der Waals surface area contributed by atoms with Crippen LogP contribution in [0.2, 0.25) is 19.6 Å². The molecular weight excluding hydrogens is 272 g/mol. The third-order valence-electron chi connectivity index (χ3n) is 3.39. The fourth-order valence-corrected chi connectivity index (χ4v) is 3.75. The number of non-ortho nitro benzene ring substituents is 1. The highest BCUT2D eigenvalue weighted by atomic mass is 28.4. The molecule has 1 aliphatic rings. The van der Waals surface area contributed by atoms with E-state index in [-0.39, 0.29) is 10.6 Å². The zero-order chi connectivity index (χ0) is 14.8. The molecule has 0 atom stereocenters. The predicted molar refractivity (Wildman–Crippen MR) is 82.8 cm³/mol. The third kappa shape index (κ3) is 4.04. The zero-order valence-electron chi connectivity index (χ0n) is 12.3. The van der Waals surface area contributed by atoms with Crippen molar-refractivity contribution in [2.24, 2.45) is 0 Å². The number of hydrogen-bond donors (Lipinski definition) is 0. The van der Waals surface area contributed by atoms with Crippen LogP contribution in [0, 0.1) is 10.1 Å². The summed E-state index contributed by atoms with van der Waals surface area (Å²) in [4.78, 5) is 12.6. The molecule has 0 aromatic heterocycles. The third-order valence-corrected chi connectivity index (χ3v) is 4.43. The number of hydrogen-bond acceptors (Lipinski definition) is 4. The van der Waals surface area contributed by atoms with Crippen molar-refractivity contribution in [3.8, 4) is 0 Å². The van der Waals surface area contributed by atoms with E-state index in [1.807, 2.05) is 12.1 Å². The fourth-order valence-electron chi connectivity index (χ4n) is 2.52. The van der Waals surface area contributed by atoms with Gasteiger partial charge in [-0.3, -0.25) is 10.1 Å². The summed E-state index contributed by atoms with van der Waals surface area (Å²) in [6.07, 6.45) is 2.43. The molecule has 1 saturated heterocycles. The van der Waals surface area contributed by atoms with Crippen LogP contribution >= 0.6 is 0 Å². The summed E-state index contributed by atoms with van der Waals surface area (Å²) >= 11 is 0. The van der Waals surface area contributed by atoms with Crippen molar-refractivity contribution in [2.45, 2.75) is 38.6 Å². The fraction of sp³-hybridized carbons (Fsp3) is 0.571. The maximum absolute atomic E-state index is 10.6.